The molecule has 0 rings (SSSR count). The van der Waals surface area contributed by atoms with Gasteiger partial charge in [0.05, 0.1) is 112 Å². The van der Waals surface area contributed by atoms with E-state index in [9.17, 15) is 19.5 Å². The molecule has 0 radical (unpaired) electrons. The maximum Gasteiger partial charge on any atom is 0.339 e. The highest BCUT2D eigenvalue weighted by Crippen LogP contribution is 2.20. The second-order valence-electron chi connectivity index (χ2n) is 8.61. The smallest absolute Gasteiger partial charge is 0.339 e. The molecule has 0 aliphatic heterocycles. The van der Waals surface area contributed by atoms with E-state index in [1.165, 1.54) is 0 Å². The Hall–Kier alpha value is -1.99. The van der Waals surface area contributed by atoms with Crippen LogP contribution in [0.1, 0.15) is 12.8 Å². The molecule has 0 unspecified atom stereocenters. The van der Waals surface area contributed by atoms with Gasteiger partial charge in [-0.3, -0.25) is 9.59 Å². The lowest BCUT2D eigenvalue weighted by atomic mass is 9.95. The minimum atomic E-state index is -2.52. The summed E-state index contributed by atoms with van der Waals surface area (Å²) in [6, 6.07) is 0. The van der Waals surface area contributed by atoms with Crippen molar-refractivity contribution in [2.45, 2.75) is 18.4 Å². The molecule has 0 aliphatic carbocycles. The second kappa shape index (κ2) is 30.1. The van der Waals surface area contributed by atoms with Crippen LogP contribution in [-0.2, 0) is 71.2 Å². The molecule has 0 bridgehead atoms. The minimum Gasteiger partial charge on any atom is -0.463 e. The molecular formula is C27H50O16. The van der Waals surface area contributed by atoms with Gasteiger partial charge in [-0.1, -0.05) is 0 Å². The summed E-state index contributed by atoms with van der Waals surface area (Å²) in [5.74, 6) is -3.07. The van der Waals surface area contributed by atoms with Crippen LogP contribution in [-0.4, -0.2) is 169 Å². The van der Waals surface area contributed by atoms with Crippen molar-refractivity contribution in [3.8, 4) is 0 Å². The summed E-state index contributed by atoms with van der Waals surface area (Å²) in [5.41, 5.74) is -2.52. The first kappa shape index (κ1) is 41.0. The van der Waals surface area contributed by atoms with E-state index in [0.29, 0.717) is 59.5 Å². The third-order valence-electron chi connectivity index (χ3n) is 5.11. The number of methoxy groups -OCH3 is 3. The molecule has 0 saturated carbocycles. The lowest BCUT2D eigenvalue weighted by Crippen LogP contribution is -2.45. The molecule has 16 nitrogen and oxygen atoms in total. The summed E-state index contributed by atoms with van der Waals surface area (Å²) in [4.78, 5) is 37.5. The van der Waals surface area contributed by atoms with Crippen molar-refractivity contribution in [2.75, 3.05) is 140 Å². The van der Waals surface area contributed by atoms with Gasteiger partial charge in [0.2, 0.25) is 0 Å². The molecule has 0 aromatic rings. The Bertz CT molecular complexity index is 641. The number of rotatable bonds is 32. The van der Waals surface area contributed by atoms with E-state index in [1.54, 1.807) is 21.3 Å². The Morgan fingerprint density at radius 3 is 0.977 bits per heavy atom. The molecule has 0 aliphatic rings. The summed E-state index contributed by atoms with van der Waals surface area (Å²) in [5, 5.41) is 11.0. The SMILES string of the molecule is COCCOCCOCCOC(=O)CC(O)(CC(=O)OCCOCCOCCOC)C(=O)OCCOCCOCCOC. The van der Waals surface area contributed by atoms with E-state index < -0.39 is 36.4 Å². The van der Waals surface area contributed by atoms with Gasteiger partial charge in [-0.25, -0.2) is 4.79 Å². The Morgan fingerprint density at radius 2 is 0.674 bits per heavy atom. The van der Waals surface area contributed by atoms with Crippen LogP contribution in [0, 0.1) is 0 Å². The molecule has 0 heterocycles. The largest absolute Gasteiger partial charge is 0.463 e. The summed E-state index contributed by atoms with van der Waals surface area (Å²) in [6.07, 6.45) is -1.69. The fraction of sp³-hybridized carbons (Fsp3) is 0.889. The van der Waals surface area contributed by atoms with E-state index in [2.05, 4.69) is 0 Å². The predicted octanol–water partition coefficient (Wildman–Crippen LogP) is -0.834. The molecule has 16 heteroatoms. The lowest BCUT2D eigenvalue weighted by Gasteiger charge is -2.24. The topological polar surface area (TPSA) is 182 Å². The summed E-state index contributed by atoms with van der Waals surface area (Å²) in [7, 11) is 4.69. The van der Waals surface area contributed by atoms with Crippen molar-refractivity contribution in [1.29, 1.82) is 0 Å². The van der Waals surface area contributed by atoms with Gasteiger partial charge in [-0.2, -0.15) is 0 Å². The molecule has 0 saturated heterocycles. The number of hydrogen-bond donors (Lipinski definition) is 1. The number of hydrogen-bond acceptors (Lipinski definition) is 16. The van der Waals surface area contributed by atoms with Crippen molar-refractivity contribution < 1.29 is 76.3 Å². The molecule has 43 heavy (non-hydrogen) atoms. The highest BCUT2D eigenvalue weighted by Gasteiger charge is 2.43. The quantitative estimate of drug-likeness (QED) is 0.0551. The Balaban J connectivity index is 4.58. The molecule has 0 aromatic heterocycles. The number of ether oxygens (including phenoxy) is 12. The van der Waals surface area contributed by atoms with Gasteiger partial charge < -0.3 is 61.9 Å². The van der Waals surface area contributed by atoms with Crippen molar-refractivity contribution >= 4 is 17.9 Å². The van der Waals surface area contributed by atoms with Gasteiger partial charge in [-0.05, 0) is 0 Å². The average molecular weight is 631 g/mol. The highest BCUT2D eigenvalue weighted by molar-refractivity contribution is 5.90. The Morgan fingerprint density at radius 1 is 0.419 bits per heavy atom. The van der Waals surface area contributed by atoms with Crippen LogP contribution in [0.15, 0.2) is 0 Å². The molecule has 254 valence electrons. The molecular weight excluding hydrogens is 580 g/mol. The van der Waals surface area contributed by atoms with Crippen molar-refractivity contribution in [3.05, 3.63) is 0 Å². The Kier molecular flexibility index (Phi) is 28.7. The van der Waals surface area contributed by atoms with E-state index >= 15 is 0 Å². The molecule has 0 atom stereocenters. The molecule has 0 spiro atoms. The van der Waals surface area contributed by atoms with Gasteiger partial charge in [0.15, 0.2) is 5.60 Å². The number of carbonyl (C=O) groups excluding carboxylic acids is 3. The number of aliphatic hydroxyl groups is 1. The third-order valence-corrected chi connectivity index (χ3v) is 5.11. The number of carbonyl (C=O) groups is 3. The van der Waals surface area contributed by atoms with Gasteiger partial charge in [-0.15, -0.1) is 0 Å². The van der Waals surface area contributed by atoms with Crippen LogP contribution in [0.2, 0.25) is 0 Å². The van der Waals surface area contributed by atoms with E-state index in [0.717, 1.165) is 0 Å². The zero-order valence-electron chi connectivity index (χ0n) is 25.7. The molecule has 0 amide bonds. The third kappa shape index (κ3) is 26.2. The van der Waals surface area contributed by atoms with Gasteiger partial charge in [0.1, 0.15) is 19.8 Å². The zero-order valence-corrected chi connectivity index (χ0v) is 25.7. The van der Waals surface area contributed by atoms with Gasteiger partial charge in [0, 0.05) is 21.3 Å². The summed E-state index contributed by atoms with van der Waals surface area (Å²) in [6.45, 7) is 4.05. The number of esters is 3. The van der Waals surface area contributed by atoms with Crippen molar-refractivity contribution in [3.63, 3.8) is 0 Å². The van der Waals surface area contributed by atoms with Crippen LogP contribution in [0.5, 0.6) is 0 Å². The molecule has 1 N–H and O–H groups in total. The van der Waals surface area contributed by atoms with E-state index in [1.807, 2.05) is 0 Å². The first-order valence-electron chi connectivity index (χ1n) is 14.0. The van der Waals surface area contributed by atoms with Crippen LogP contribution in [0.4, 0.5) is 0 Å². The molecule has 0 aromatic carbocycles. The van der Waals surface area contributed by atoms with Crippen molar-refractivity contribution in [1.82, 2.24) is 0 Å². The average Bonchev–Trinajstić information content (AvgIpc) is 2.98. The van der Waals surface area contributed by atoms with E-state index in [-0.39, 0.29) is 59.5 Å². The zero-order chi connectivity index (χ0) is 31.9. The summed E-state index contributed by atoms with van der Waals surface area (Å²) >= 11 is 0. The maximum atomic E-state index is 12.7. The fourth-order valence-electron chi connectivity index (χ4n) is 2.94. The first-order chi connectivity index (χ1) is 20.9. The maximum absolute atomic E-state index is 12.7. The fourth-order valence-corrected chi connectivity index (χ4v) is 2.94. The highest BCUT2D eigenvalue weighted by atomic mass is 16.6. The monoisotopic (exact) mass is 630 g/mol. The second-order valence-corrected chi connectivity index (χ2v) is 8.61. The van der Waals surface area contributed by atoms with Gasteiger partial charge in [0.25, 0.3) is 0 Å². The molecule has 0 fully saturated rings. The van der Waals surface area contributed by atoms with Crippen LogP contribution in [0.3, 0.4) is 0 Å². The van der Waals surface area contributed by atoms with Gasteiger partial charge >= 0.3 is 17.9 Å². The first-order valence-corrected chi connectivity index (χ1v) is 14.0. The summed E-state index contributed by atoms with van der Waals surface area (Å²) < 4.78 is 61.4. The van der Waals surface area contributed by atoms with Crippen molar-refractivity contribution in [2.24, 2.45) is 0 Å². The minimum absolute atomic E-state index is 0.00337. The van der Waals surface area contributed by atoms with Crippen LogP contribution >= 0.6 is 0 Å². The van der Waals surface area contributed by atoms with E-state index in [4.69, 9.17) is 56.8 Å². The standard InChI is InChI=1S/C27H50O16/c1-32-4-7-35-10-13-38-16-19-41-24(28)22-27(31,26(30)43-21-18-40-15-12-37-9-6-34-3)23-25(29)42-20-17-39-14-11-36-8-5-33-2/h31H,4-23H2,1-3H3. The Labute approximate surface area is 253 Å². The predicted molar refractivity (Wildman–Crippen MR) is 148 cm³/mol. The normalized spacial score (nSPS) is 11.4. The van der Waals surface area contributed by atoms with Crippen LogP contribution in [0.25, 0.3) is 0 Å². The lowest BCUT2D eigenvalue weighted by molar-refractivity contribution is -0.179. The van der Waals surface area contributed by atoms with Crippen LogP contribution < -0.4 is 0 Å².